The molecule has 0 radical (unpaired) electrons. The van der Waals surface area contributed by atoms with Crippen LogP contribution in [0.4, 0.5) is 0 Å². The van der Waals surface area contributed by atoms with Gasteiger partial charge in [-0.25, -0.2) is 4.98 Å². The average Bonchev–Trinajstić information content (AvgIpc) is 3.26. The predicted octanol–water partition coefficient (Wildman–Crippen LogP) is 3.85. The molecule has 5 nitrogen and oxygen atoms in total. The number of hydrogen-bond acceptors (Lipinski definition) is 5. The maximum absolute atomic E-state index is 13.1. The monoisotopic (exact) mass is 451 g/mol. The number of carbonyl (C=O) groups is 1. The first kappa shape index (κ1) is 21.7. The molecule has 0 unspecified atom stereocenters. The molecule has 0 fully saturated rings. The van der Waals surface area contributed by atoms with Gasteiger partial charge in [-0.05, 0) is 24.5 Å². The first-order valence-electron chi connectivity index (χ1n) is 10.4. The van der Waals surface area contributed by atoms with Crippen LogP contribution >= 0.6 is 23.5 Å². The summed E-state index contributed by atoms with van der Waals surface area (Å²) in [6.45, 7) is 3.09. The molecule has 31 heavy (non-hydrogen) atoms. The lowest BCUT2D eigenvalue weighted by molar-refractivity contribution is -0.118. The Morgan fingerprint density at radius 3 is 2.68 bits per heavy atom. The summed E-state index contributed by atoms with van der Waals surface area (Å²) in [5, 5.41) is 3.59. The van der Waals surface area contributed by atoms with E-state index in [-0.39, 0.29) is 17.2 Å². The Morgan fingerprint density at radius 2 is 1.90 bits per heavy atom. The molecule has 2 aromatic carbocycles. The van der Waals surface area contributed by atoms with E-state index in [2.05, 4.69) is 17.4 Å². The van der Waals surface area contributed by atoms with Gasteiger partial charge in [-0.2, -0.15) is 0 Å². The Balaban J connectivity index is 1.43. The van der Waals surface area contributed by atoms with Crippen molar-refractivity contribution in [2.75, 3.05) is 11.5 Å². The minimum atomic E-state index is -0.0655. The number of benzene rings is 2. The molecule has 1 aromatic heterocycles. The third kappa shape index (κ3) is 5.60. The summed E-state index contributed by atoms with van der Waals surface area (Å²) in [6.07, 6.45) is 1.56. The number of amides is 1. The minimum absolute atomic E-state index is 0.0194. The van der Waals surface area contributed by atoms with Crippen molar-refractivity contribution >= 4 is 29.4 Å². The van der Waals surface area contributed by atoms with E-state index in [9.17, 15) is 9.59 Å². The fraction of sp³-hybridized carbons (Fsp3) is 0.292. The van der Waals surface area contributed by atoms with Gasteiger partial charge in [0.15, 0.2) is 5.16 Å². The molecular formula is C24H25N3O2S2. The Kier molecular flexibility index (Phi) is 7.14. The molecule has 0 spiro atoms. The summed E-state index contributed by atoms with van der Waals surface area (Å²) in [5.74, 6) is 1.06. The van der Waals surface area contributed by atoms with Crippen LogP contribution in [-0.4, -0.2) is 27.0 Å². The van der Waals surface area contributed by atoms with Crippen molar-refractivity contribution in [1.82, 2.24) is 14.9 Å². The molecule has 0 saturated heterocycles. The van der Waals surface area contributed by atoms with Crippen LogP contribution in [0.2, 0.25) is 0 Å². The number of nitrogens with zero attached hydrogens (tertiary/aromatic N) is 2. The number of nitrogens with one attached hydrogen (secondary N) is 1. The molecule has 7 heteroatoms. The quantitative estimate of drug-likeness (QED) is 0.416. The van der Waals surface area contributed by atoms with Gasteiger partial charge in [0.05, 0.1) is 16.3 Å². The van der Waals surface area contributed by atoms with Crippen LogP contribution in [0.25, 0.3) is 0 Å². The molecule has 3 aromatic rings. The maximum Gasteiger partial charge on any atom is 0.268 e. The van der Waals surface area contributed by atoms with Gasteiger partial charge in [-0.15, -0.1) is 11.8 Å². The van der Waals surface area contributed by atoms with E-state index in [1.807, 2.05) is 49.4 Å². The van der Waals surface area contributed by atoms with Crippen LogP contribution in [0, 0.1) is 6.92 Å². The van der Waals surface area contributed by atoms with Crippen LogP contribution in [0.15, 0.2) is 69.4 Å². The highest BCUT2D eigenvalue weighted by atomic mass is 32.2. The third-order valence-electron chi connectivity index (χ3n) is 5.16. The standard InChI is InChI=1S/C24H25N3O2S2/c1-17-7-9-19(10-8-17)15-25-21(28)16-31-24-26-20-12-14-30-22(20)23(29)27(24)13-11-18-5-3-2-4-6-18/h2-10H,11-16H2,1H3,(H,25,28). The zero-order valence-corrected chi connectivity index (χ0v) is 19.1. The molecule has 4 rings (SSSR count). The summed E-state index contributed by atoms with van der Waals surface area (Å²) in [7, 11) is 0. The minimum Gasteiger partial charge on any atom is -0.351 e. The number of rotatable bonds is 8. The van der Waals surface area contributed by atoms with E-state index >= 15 is 0 Å². The highest BCUT2D eigenvalue weighted by Crippen LogP contribution is 2.28. The van der Waals surface area contributed by atoms with Gasteiger partial charge in [-0.3, -0.25) is 14.2 Å². The summed E-state index contributed by atoms with van der Waals surface area (Å²) in [5.41, 5.74) is 4.32. The lowest BCUT2D eigenvalue weighted by atomic mass is 10.1. The number of carbonyl (C=O) groups excluding carboxylic acids is 1. The van der Waals surface area contributed by atoms with Crippen LogP contribution in [0.5, 0.6) is 0 Å². The van der Waals surface area contributed by atoms with Gasteiger partial charge in [-0.1, -0.05) is 71.9 Å². The number of hydrogen-bond donors (Lipinski definition) is 1. The molecular weight excluding hydrogens is 426 g/mol. The first-order chi connectivity index (χ1) is 15.1. The number of aryl methyl sites for hydroxylation is 3. The zero-order chi connectivity index (χ0) is 21.6. The van der Waals surface area contributed by atoms with E-state index in [1.54, 1.807) is 16.3 Å². The summed E-state index contributed by atoms with van der Waals surface area (Å²) < 4.78 is 1.74. The van der Waals surface area contributed by atoms with Crippen molar-refractivity contribution in [3.8, 4) is 0 Å². The van der Waals surface area contributed by atoms with Gasteiger partial charge in [0.2, 0.25) is 5.91 Å². The largest absolute Gasteiger partial charge is 0.351 e. The second-order valence-electron chi connectivity index (χ2n) is 7.51. The van der Waals surface area contributed by atoms with Gasteiger partial charge >= 0.3 is 0 Å². The van der Waals surface area contributed by atoms with Gasteiger partial charge in [0.25, 0.3) is 5.56 Å². The SMILES string of the molecule is Cc1ccc(CNC(=O)CSc2nc3c(c(=O)n2CCc2ccccc2)SCC3)cc1. The van der Waals surface area contributed by atoms with E-state index in [1.165, 1.54) is 22.9 Å². The number of aromatic nitrogens is 2. The molecule has 0 aliphatic carbocycles. The number of thioether (sulfide) groups is 2. The summed E-state index contributed by atoms with van der Waals surface area (Å²) >= 11 is 2.92. The zero-order valence-electron chi connectivity index (χ0n) is 17.5. The summed E-state index contributed by atoms with van der Waals surface area (Å²) in [6, 6.07) is 18.2. The highest BCUT2D eigenvalue weighted by molar-refractivity contribution is 8.00. The predicted molar refractivity (Wildman–Crippen MR) is 127 cm³/mol. The fourth-order valence-electron chi connectivity index (χ4n) is 3.40. The fourth-order valence-corrected chi connectivity index (χ4v) is 5.32. The molecule has 1 aliphatic rings. The van der Waals surface area contributed by atoms with Crippen LogP contribution in [-0.2, 0) is 30.7 Å². The van der Waals surface area contributed by atoms with Crippen molar-refractivity contribution in [3.05, 3.63) is 87.3 Å². The van der Waals surface area contributed by atoms with E-state index in [0.717, 1.165) is 34.7 Å². The summed E-state index contributed by atoms with van der Waals surface area (Å²) in [4.78, 5) is 31.0. The Hall–Kier alpha value is -2.51. The topological polar surface area (TPSA) is 64.0 Å². The molecule has 0 saturated carbocycles. The highest BCUT2D eigenvalue weighted by Gasteiger charge is 2.22. The number of fused-ring (bicyclic) bond motifs is 1. The first-order valence-corrected chi connectivity index (χ1v) is 12.3. The Morgan fingerprint density at radius 1 is 1.13 bits per heavy atom. The van der Waals surface area contributed by atoms with E-state index < -0.39 is 0 Å². The molecule has 160 valence electrons. The van der Waals surface area contributed by atoms with Crippen LogP contribution in [0.1, 0.15) is 22.4 Å². The molecule has 2 heterocycles. The second-order valence-corrected chi connectivity index (χ2v) is 9.56. The van der Waals surface area contributed by atoms with Gasteiger partial charge in [0, 0.05) is 25.3 Å². The van der Waals surface area contributed by atoms with Crippen molar-refractivity contribution in [1.29, 1.82) is 0 Å². The molecule has 1 aliphatic heterocycles. The molecule has 0 bridgehead atoms. The second kappa shape index (κ2) is 10.2. The normalized spacial score (nSPS) is 12.5. The Bertz CT molecular complexity index is 1110. The lowest BCUT2D eigenvalue weighted by Gasteiger charge is -2.14. The van der Waals surface area contributed by atoms with E-state index in [0.29, 0.717) is 18.2 Å². The molecule has 1 amide bonds. The Labute approximate surface area is 190 Å². The van der Waals surface area contributed by atoms with Gasteiger partial charge < -0.3 is 5.32 Å². The lowest BCUT2D eigenvalue weighted by Crippen LogP contribution is -2.28. The van der Waals surface area contributed by atoms with Crippen molar-refractivity contribution in [2.24, 2.45) is 0 Å². The maximum atomic E-state index is 13.1. The molecule has 0 atom stereocenters. The smallest absolute Gasteiger partial charge is 0.268 e. The third-order valence-corrected chi connectivity index (χ3v) is 7.24. The van der Waals surface area contributed by atoms with Gasteiger partial charge in [0.1, 0.15) is 0 Å². The average molecular weight is 452 g/mol. The van der Waals surface area contributed by atoms with Crippen LogP contribution in [0.3, 0.4) is 0 Å². The van der Waals surface area contributed by atoms with E-state index in [4.69, 9.17) is 4.98 Å². The van der Waals surface area contributed by atoms with Crippen molar-refractivity contribution in [3.63, 3.8) is 0 Å². The van der Waals surface area contributed by atoms with Crippen LogP contribution < -0.4 is 10.9 Å². The van der Waals surface area contributed by atoms with Crippen molar-refractivity contribution < 1.29 is 4.79 Å². The van der Waals surface area contributed by atoms with Crippen molar-refractivity contribution in [2.45, 2.75) is 42.9 Å². The molecule has 1 N–H and O–H groups in total.